The summed E-state index contributed by atoms with van der Waals surface area (Å²) in [5, 5.41) is 20.6. The van der Waals surface area contributed by atoms with Gasteiger partial charge in [0.25, 0.3) is 0 Å². The molecule has 8 rings (SSSR count). The molecule has 268 valence electrons. The molecule has 0 aliphatic carbocycles. The Balaban J connectivity index is 0.000000180. The first kappa shape index (κ1) is 43.2. The van der Waals surface area contributed by atoms with E-state index in [-0.39, 0.29) is 51.4 Å². The van der Waals surface area contributed by atoms with Crippen molar-refractivity contribution in [2.45, 2.75) is 60.5 Å². The van der Waals surface area contributed by atoms with Gasteiger partial charge in [0, 0.05) is 35.4 Å². The number of halogens is 6. The van der Waals surface area contributed by atoms with Crippen LogP contribution in [0.2, 0.25) is 10.0 Å². The van der Waals surface area contributed by atoms with E-state index in [0.29, 0.717) is 26.4 Å². The van der Waals surface area contributed by atoms with Gasteiger partial charge in [0.05, 0.1) is 13.2 Å². The van der Waals surface area contributed by atoms with Gasteiger partial charge in [0.2, 0.25) is 0 Å². The number of nitrogens with zero attached hydrogens (tertiary/aromatic N) is 6. The number of rotatable bonds is 2. The third-order valence-corrected chi connectivity index (χ3v) is 11.9. The van der Waals surface area contributed by atoms with Crippen LogP contribution in [0.4, 0.5) is 12.9 Å². The second-order valence-corrected chi connectivity index (χ2v) is 15.4. The standard InChI is InChI=1S/C17H16ClN3OS.C10H10BrN3OS.C7H6Cl.BF3.K/c1-10-14(7-12-3-5-13(18)6-4-12)15-8-22-9-16-20-19-11(2)21(16)17(15)23-10;1-5-9(11)7-3-15-4-8-13-12-6(2)14(8)10(7)16-5;1-6-2-4-7(8)5-3-6;2-1(3)4;/h3-6H,7-9H2,1-2H3;3-4H2,1-2H3;2-5H,1H2;;/q;;-1;;+1. The summed E-state index contributed by atoms with van der Waals surface area (Å²) in [4.78, 5) is 2.57. The second kappa shape index (κ2) is 19.9. The number of ether oxygens (including phenoxy) is 2. The van der Waals surface area contributed by atoms with Crippen molar-refractivity contribution in [3.63, 3.8) is 0 Å². The minimum Gasteiger partial charge on any atom is -0.369 e. The maximum absolute atomic E-state index is 9.67. The largest absolute Gasteiger partial charge is 1.00 e. The van der Waals surface area contributed by atoms with Crippen LogP contribution in [0.25, 0.3) is 10.0 Å². The van der Waals surface area contributed by atoms with Gasteiger partial charge in [-0.25, -0.2) is 0 Å². The van der Waals surface area contributed by atoms with Crippen molar-refractivity contribution in [1.29, 1.82) is 0 Å². The summed E-state index contributed by atoms with van der Waals surface area (Å²) < 4.78 is 45.8. The molecule has 6 aromatic rings. The van der Waals surface area contributed by atoms with Crippen molar-refractivity contribution in [2.24, 2.45) is 0 Å². The van der Waals surface area contributed by atoms with Crippen molar-refractivity contribution < 1.29 is 73.8 Å². The normalized spacial score (nSPS) is 12.3. The first-order valence-electron chi connectivity index (χ1n) is 15.4. The average Bonchev–Trinajstić information content (AvgIpc) is 3.73. The summed E-state index contributed by atoms with van der Waals surface area (Å²) >= 11 is 18.7. The van der Waals surface area contributed by atoms with E-state index in [9.17, 15) is 12.9 Å². The predicted molar refractivity (Wildman–Crippen MR) is 201 cm³/mol. The van der Waals surface area contributed by atoms with E-state index >= 15 is 0 Å². The first-order chi connectivity index (χ1) is 24.3. The smallest absolute Gasteiger partial charge is 0.369 e. The van der Waals surface area contributed by atoms with Gasteiger partial charge in [-0.05, 0) is 73.3 Å². The number of hydrogen-bond acceptors (Lipinski definition) is 8. The van der Waals surface area contributed by atoms with Crippen LogP contribution in [0, 0.1) is 34.6 Å². The quantitative estimate of drug-likeness (QED) is 0.134. The van der Waals surface area contributed by atoms with Gasteiger partial charge in [-0.2, -0.15) is 24.6 Å². The van der Waals surface area contributed by atoms with Gasteiger partial charge < -0.3 is 9.47 Å². The summed E-state index contributed by atoms with van der Waals surface area (Å²) in [7, 11) is -3.67. The molecule has 0 N–H and O–H groups in total. The summed E-state index contributed by atoms with van der Waals surface area (Å²) in [6, 6.07) is 15.4. The van der Waals surface area contributed by atoms with Crippen LogP contribution in [0.5, 0.6) is 0 Å². The molecule has 0 saturated heterocycles. The number of aryl methyl sites for hydroxylation is 4. The van der Waals surface area contributed by atoms with Gasteiger partial charge in [-0.3, -0.25) is 22.1 Å². The Kier molecular flexibility index (Phi) is 16.5. The van der Waals surface area contributed by atoms with E-state index in [1.165, 1.54) is 42.0 Å². The molecule has 8 nitrogen and oxygen atoms in total. The first-order valence-corrected chi connectivity index (χ1v) is 18.6. The molecule has 4 aromatic heterocycles. The number of thiophene rings is 2. The zero-order chi connectivity index (χ0) is 36.8. The van der Waals surface area contributed by atoms with E-state index in [2.05, 4.69) is 78.4 Å². The fourth-order valence-corrected chi connectivity index (χ4v) is 8.63. The molecule has 0 saturated carbocycles. The number of aromatic nitrogens is 6. The van der Waals surface area contributed by atoms with Gasteiger partial charge in [0.1, 0.15) is 34.9 Å². The van der Waals surface area contributed by atoms with Crippen LogP contribution in [0.15, 0.2) is 53.0 Å². The molecule has 0 spiro atoms. The van der Waals surface area contributed by atoms with E-state index in [4.69, 9.17) is 32.7 Å². The van der Waals surface area contributed by atoms with Crippen LogP contribution < -0.4 is 51.4 Å². The van der Waals surface area contributed by atoms with Crippen LogP contribution in [0.3, 0.4) is 0 Å². The molecule has 0 radical (unpaired) electrons. The van der Waals surface area contributed by atoms with Crippen LogP contribution in [0.1, 0.15) is 60.9 Å². The number of benzene rings is 2. The van der Waals surface area contributed by atoms with Crippen molar-refractivity contribution in [3.05, 3.63) is 131 Å². The molecule has 52 heavy (non-hydrogen) atoms. The van der Waals surface area contributed by atoms with Gasteiger partial charge in [-0.1, -0.05) is 47.5 Å². The molecule has 0 bridgehead atoms. The predicted octanol–water partition coefficient (Wildman–Crippen LogP) is 7.36. The number of hydrogen-bond donors (Lipinski definition) is 0. The molecule has 0 atom stereocenters. The summed E-state index contributed by atoms with van der Waals surface area (Å²) in [6.45, 7) is 14.2. The SMILES string of the molecule is Cc1sc2c(c1Br)COCc1nnc(C)n1-2.Cc1sc2c(c1Cc1ccc(Cl)cc1)COCc1nnc(C)n1-2.FB(F)F.[CH2-]c1ccc(Cl)cc1.[K+]. The fraction of sp³-hybridized carbons (Fsp3) is 0.265. The third-order valence-electron chi connectivity index (χ3n) is 7.73. The minimum atomic E-state index is -3.67. The fourth-order valence-electron chi connectivity index (χ4n) is 5.34. The Morgan fingerprint density at radius 1 is 0.731 bits per heavy atom. The maximum Gasteiger partial charge on any atom is 1.00 e. The van der Waals surface area contributed by atoms with Crippen LogP contribution in [-0.2, 0) is 42.3 Å². The molecule has 18 heteroatoms. The van der Waals surface area contributed by atoms with Crippen molar-refractivity contribution >= 4 is 69.3 Å². The summed E-state index contributed by atoms with van der Waals surface area (Å²) in [5.74, 6) is 3.58. The van der Waals surface area contributed by atoms with Crippen LogP contribution >= 0.6 is 61.8 Å². The van der Waals surface area contributed by atoms with E-state index in [0.717, 1.165) is 49.8 Å². The van der Waals surface area contributed by atoms with Gasteiger partial charge >= 0.3 is 58.9 Å². The zero-order valence-corrected chi connectivity index (χ0v) is 36.9. The number of fused-ring (bicyclic) bond motifs is 6. The molecular weight excluding hydrogens is 846 g/mol. The molecule has 0 fully saturated rings. The Bertz CT molecular complexity index is 2070. The summed E-state index contributed by atoms with van der Waals surface area (Å²) in [6.07, 6.45) is 0.884. The molecule has 2 aliphatic heterocycles. The molecule has 2 aliphatic rings. The van der Waals surface area contributed by atoms with Gasteiger partial charge in [0.15, 0.2) is 11.6 Å². The van der Waals surface area contributed by atoms with Crippen molar-refractivity contribution in [1.82, 2.24) is 29.5 Å². The topological polar surface area (TPSA) is 79.9 Å². The van der Waals surface area contributed by atoms with Crippen molar-refractivity contribution in [2.75, 3.05) is 0 Å². The zero-order valence-electron chi connectivity index (χ0n) is 29.0. The minimum absolute atomic E-state index is 0. The maximum atomic E-state index is 9.67. The van der Waals surface area contributed by atoms with Crippen LogP contribution in [-0.4, -0.2) is 37.1 Å². The van der Waals surface area contributed by atoms with Crippen molar-refractivity contribution in [3.8, 4) is 10.0 Å². The Morgan fingerprint density at radius 2 is 1.17 bits per heavy atom. The Labute approximate surface area is 369 Å². The molecule has 0 unspecified atom stereocenters. The Morgan fingerprint density at radius 3 is 1.67 bits per heavy atom. The van der Waals surface area contributed by atoms with E-state index < -0.39 is 7.54 Å². The van der Waals surface area contributed by atoms with E-state index in [1.807, 2.05) is 50.2 Å². The second-order valence-electron chi connectivity index (χ2n) is 11.3. The average molecular weight is 879 g/mol. The van der Waals surface area contributed by atoms with Gasteiger partial charge in [-0.15, -0.1) is 43.1 Å². The monoisotopic (exact) mass is 876 g/mol. The molecule has 2 aromatic carbocycles. The third kappa shape index (κ3) is 10.8. The summed E-state index contributed by atoms with van der Waals surface area (Å²) in [5.41, 5.74) is 6.04. The molecule has 6 heterocycles. The molecular formula is C34H32BBrCl2F3KN6O2S2. The Hall–Kier alpha value is -1.54. The molecule has 0 amide bonds. The van der Waals surface area contributed by atoms with E-state index in [1.54, 1.807) is 22.7 Å².